The number of fused-ring (bicyclic) bond motifs is 1. The van der Waals surface area contributed by atoms with Crippen LogP contribution in [0.25, 0.3) is 21.8 Å². The van der Waals surface area contributed by atoms with Crippen LogP contribution in [0.15, 0.2) is 47.1 Å². The number of nitrogens with zero attached hydrogens (tertiary/aromatic N) is 3. The lowest BCUT2D eigenvalue weighted by Crippen LogP contribution is -2.24. The van der Waals surface area contributed by atoms with Crippen molar-refractivity contribution in [1.29, 1.82) is 0 Å². The number of aromatic nitrogens is 2. The minimum Gasteiger partial charge on any atom is -0.461 e. The van der Waals surface area contributed by atoms with Crippen LogP contribution >= 0.6 is 11.3 Å². The lowest BCUT2D eigenvalue weighted by molar-refractivity contribution is 0.0954. The molecule has 1 aliphatic rings. The number of rotatable bonds is 6. The van der Waals surface area contributed by atoms with Gasteiger partial charge in [-0.15, -0.1) is 11.3 Å². The van der Waals surface area contributed by atoms with E-state index in [-0.39, 0.29) is 5.91 Å². The number of carbonyl (C=O) groups is 1. The van der Waals surface area contributed by atoms with Gasteiger partial charge in [-0.25, -0.2) is 9.97 Å². The number of thiophene rings is 1. The minimum absolute atomic E-state index is 0.0691. The minimum atomic E-state index is -0.0691. The predicted molar refractivity (Wildman–Crippen MR) is 127 cm³/mol. The van der Waals surface area contributed by atoms with Gasteiger partial charge in [0.15, 0.2) is 11.6 Å². The highest BCUT2D eigenvalue weighted by Crippen LogP contribution is 2.33. The number of hydrogen-bond donors (Lipinski definition) is 1. The molecule has 0 radical (unpaired) electrons. The maximum Gasteiger partial charge on any atom is 0.261 e. The van der Waals surface area contributed by atoms with Crippen LogP contribution in [0.1, 0.15) is 44.9 Å². The zero-order valence-corrected chi connectivity index (χ0v) is 19.2. The summed E-state index contributed by atoms with van der Waals surface area (Å²) in [6.07, 6.45) is 4.15. The molecule has 1 fully saturated rings. The molecule has 0 aliphatic carbocycles. The summed E-state index contributed by atoms with van der Waals surface area (Å²) in [5.74, 6) is 1.10. The highest BCUT2D eigenvalue weighted by molar-refractivity contribution is 7.20. The van der Waals surface area contributed by atoms with E-state index in [4.69, 9.17) is 4.42 Å². The van der Waals surface area contributed by atoms with Crippen molar-refractivity contribution in [3.63, 3.8) is 0 Å². The second kappa shape index (κ2) is 8.84. The van der Waals surface area contributed by atoms with Crippen LogP contribution in [0.3, 0.4) is 0 Å². The van der Waals surface area contributed by atoms with Crippen LogP contribution in [0.2, 0.25) is 0 Å². The largest absolute Gasteiger partial charge is 0.461 e. The Hall–Kier alpha value is -3.03. The summed E-state index contributed by atoms with van der Waals surface area (Å²) in [5.41, 5.74) is 4.23. The molecule has 5 rings (SSSR count). The van der Waals surface area contributed by atoms with Crippen LogP contribution in [-0.2, 0) is 13.1 Å². The van der Waals surface area contributed by atoms with E-state index in [1.807, 2.05) is 32.0 Å². The van der Waals surface area contributed by atoms with E-state index in [1.54, 1.807) is 6.26 Å². The number of amides is 1. The van der Waals surface area contributed by atoms with Gasteiger partial charge in [-0.05, 0) is 68.6 Å². The van der Waals surface area contributed by atoms with E-state index in [9.17, 15) is 4.79 Å². The molecule has 6 nitrogen and oxygen atoms in total. The molecule has 4 aromatic rings. The molecule has 3 aromatic heterocycles. The van der Waals surface area contributed by atoms with E-state index in [0.29, 0.717) is 23.0 Å². The van der Waals surface area contributed by atoms with Crippen molar-refractivity contribution in [2.24, 2.45) is 0 Å². The second-order valence-electron chi connectivity index (χ2n) is 8.28. The standard InChI is InChI=1S/C25H26N4O2S/c1-16-21-17(2)27-23(20-10-7-13-31-20)28-25(21)32-22(16)24(30)26-14-18-8-3-4-9-19(18)15-29-11-5-6-12-29/h3-4,7-10,13H,5-6,11-12,14-15H2,1-2H3,(H,26,30). The summed E-state index contributed by atoms with van der Waals surface area (Å²) in [6.45, 7) is 7.69. The summed E-state index contributed by atoms with van der Waals surface area (Å²) in [5, 5.41) is 4.08. The Morgan fingerprint density at radius 2 is 1.88 bits per heavy atom. The number of benzene rings is 1. The van der Waals surface area contributed by atoms with Gasteiger partial charge in [-0.1, -0.05) is 24.3 Å². The topological polar surface area (TPSA) is 71.3 Å². The van der Waals surface area contributed by atoms with Crippen molar-refractivity contribution in [1.82, 2.24) is 20.2 Å². The van der Waals surface area contributed by atoms with E-state index in [0.717, 1.165) is 41.1 Å². The zero-order valence-electron chi connectivity index (χ0n) is 18.4. The van der Waals surface area contributed by atoms with Crippen molar-refractivity contribution in [3.05, 3.63) is 69.9 Å². The van der Waals surface area contributed by atoms with Gasteiger partial charge < -0.3 is 9.73 Å². The van der Waals surface area contributed by atoms with Crippen LogP contribution < -0.4 is 5.32 Å². The molecule has 7 heteroatoms. The van der Waals surface area contributed by atoms with E-state index < -0.39 is 0 Å². The molecule has 164 valence electrons. The van der Waals surface area contributed by atoms with E-state index in [2.05, 4.69) is 38.4 Å². The molecule has 0 bridgehead atoms. The van der Waals surface area contributed by atoms with Crippen molar-refractivity contribution >= 4 is 27.5 Å². The molecule has 32 heavy (non-hydrogen) atoms. The number of nitrogens with one attached hydrogen (secondary N) is 1. The summed E-state index contributed by atoms with van der Waals surface area (Å²) < 4.78 is 5.45. The number of furan rings is 1. The van der Waals surface area contributed by atoms with Gasteiger partial charge >= 0.3 is 0 Å². The third kappa shape index (κ3) is 4.06. The van der Waals surface area contributed by atoms with Crippen LogP contribution in [-0.4, -0.2) is 33.9 Å². The fourth-order valence-corrected chi connectivity index (χ4v) is 5.54. The number of carbonyl (C=O) groups excluding carboxylic acids is 1. The fourth-order valence-electron chi connectivity index (χ4n) is 4.39. The van der Waals surface area contributed by atoms with Gasteiger partial charge in [-0.3, -0.25) is 9.69 Å². The van der Waals surface area contributed by atoms with Crippen molar-refractivity contribution in [2.75, 3.05) is 13.1 Å². The van der Waals surface area contributed by atoms with Crippen LogP contribution in [0.4, 0.5) is 0 Å². The first-order valence-electron chi connectivity index (χ1n) is 11.0. The van der Waals surface area contributed by atoms with Gasteiger partial charge in [0.05, 0.1) is 16.8 Å². The molecular formula is C25H26N4O2S. The molecule has 0 atom stereocenters. The molecule has 1 amide bonds. The van der Waals surface area contributed by atoms with Gasteiger partial charge in [0.2, 0.25) is 0 Å². The first-order valence-corrected chi connectivity index (χ1v) is 11.8. The number of aryl methyl sites for hydroxylation is 2. The SMILES string of the molecule is Cc1nc(-c2ccco2)nc2sc(C(=O)NCc3ccccc3CN3CCCC3)c(C)c12. The third-order valence-electron chi connectivity index (χ3n) is 6.07. The summed E-state index contributed by atoms with van der Waals surface area (Å²) >= 11 is 1.41. The third-order valence-corrected chi connectivity index (χ3v) is 7.25. The molecule has 0 spiro atoms. The van der Waals surface area contributed by atoms with E-state index >= 15 is 0 Å². The maximum absolute atomic E-state index is 13.1. The predicted octanol–water partition coefficient (Wildman–Crippen LogP) is 5.09. The lowest BCUT2D eigenvalue weighted by atomic mass is 10.1. The maximum atomic E-state index is 13.1. The number of hydrogen-bond acceptors (Lipinski definition) is 6. The normalized spacial score (nSPS) is 14.3. The fraction of sp³-hybridized carbons (Fsp3) is 0.320. The monoisotopic (exact) mass is 446 g/mol. The molecule has 0 saturated carbocycles. The van der Waals surface area contributed by atoms with Crippen LogP contribution in [0, 0.1) is 13.8 Å². The smallest absolute Gasteiger partial charge is 0.261 e. The van der Waals surface area contributed by atoms with Gasteiger partial charge in [0.25, 0.3) is 5.91 Å². The average Bonchev–Trinajstić information content (AvgIpc) is 3.55. The Morgan fingerprint density at radius 3 is 2.62 bits per heavy atom. The number of likely N-dealkylation sites (tertiary alicyclic amines) is 1. The molecule has 1 N–H and O–H groups in total. The molecule has 1 aromatic carbocycles. The lowest BCUT2D eigenvalue weighted by Gasteiger charge is -2.17. The Bertz CT molecular complexity index is 1260. The summed E-state index contributed by atoms with van der Waals surface area (Å²) in [6, 6.07) is 12.0. The highest BCUT2D eigenvalue weighted by atomic mass is 32.1. The molecule has 1 aliphatic heterocycles. The zero-order chi connectivity index (χ0) is 22.1. The van der Waals surface area contributed by atoms with E-state index in [1.165, 1.54) is 35.3 Å². The molecule has 1 saturated heterocycles. The molecule has 4 heterocycles. The summed E-state index contributed by atoms with van der Waals surface area (Å²) in [7, 11) is 0. The quantitative estimate of drug-likeness (QED) is 0.446. The van der Waals surface area contributed by atoms with Crippen molar-refractivity contribution in [3.8, 4) is 11.6 Å². The highest BCUT2D eigenvalue weighted by Gasteiger charge is 2.20. The van der Waals surface area contributed by atoms with Crippen molar-refractivity contribution in [2.45, 2.75) is 39.8 Å². The Morgan fingerprint density at radius 1 is 1.09 bits per heavy atom. The summed E-state index contributed by atoms with van der Waals surface area (Å²) in [4.78, 5) is 26.3. The Balaban J connectivity index is 1.36. The first-order chi connectivity index (χ1) is 15.6. The van der Waals surface area contributed by atoms with Gasteiger partial charge in [0.1, 0.15) is 4.83 Å². The van der Waals surface area contributed by atoms with Crippen molar-refractivity contribution < 1.29 is 9.21 Å². The van der Waals surface area contributed by atoms with Gasteiger partial charge in [-0.2, -0.15) is 0 Å². The first kappa shape index (κ1) is 20.8. The van der Waals surface area contributed by atoms with Crippen LogP contribution in [0.5, 0.6) is 0 Å². The van der Waals surface area contributed by atoms with Gasteiger partial charge in [0, 0.05) is 18.5 Å². The Labute approximate surface area is 191 Å². The molecule has 0 unspecified atom stereocenters. The second-order valence-corrected chi connectivity index (χ2v) is 9.28. The molecular weight excluding hydrogens is 420 g/mol. The average molecular weight is 447 g/mol. The Kier molecular flexibility index (Phi) is 5.76.